The van der Waals surface area contributed by atoms with Gasteiger partial charge in [-0.25, -0.2) is 0 Å². The Morgan fingerprint density at radius 1 is 1.44 bits per heavy atom. The molecule has 5 heteroatoms. The summed E-state index contributed by atoms with van der Waals surface area (Å²) in [5.41, 5.74) is 5.71. The van der Waals surface area contributed by atoms with E-state index in [1.165, 1.54) is 13.0 Å². The Balaban J connectivity index is 3.11. The quantitative estimate of drug-likeness (QED) is 0.521. The number of hydrogen-bond donors (Lipinski definition) is 3. The Kier molecular flexibility index (Phi) is 4.02. The Bertz CT molecular complexity index is 416. The summed E-state index contributed by atoms with van der Waals surface area (Å²) in [6.07, 6.45) is 0.177. The van der Waals surface area contributed by atoms with Crippen LogP contribution in [0.4, 0.5) is 5.69 Å². The molecule has 0 radical (unpaired) electrons. The van der Waals surface area contributed by atoms with E-state index < -0.39 is 0 Å². The third-order valence-corrected chi connectivity index (χ3v) is 2.02. The van der Waals surface area contributed by atoms with Gasteiger partial charge < -0.3 is 16.2 Å². The maximum atomic E-state index is 11.7. The van der Waals surface area contributed by atoms with Crippen molar-refractivity contribution in [1.29, 1.82) is 0 Å². The second kappa shape index (κ2) is 5.27. The first-order chi connectivity index (χ1) is 7.56. The van der Waals surface area contributed by atoms with E-state index in [1.54, 1.807) is 12.1 Å². The van der Waals surface area contributed by atoms with Gasteiger partial charge in [0.05, 0.1) is 5.69 Å². The first-order valence-corrected chi connectivity index (χ1v) is 4.89. The van der Waals surface area contributed by atoms with Crippen molar-refractivity contribution < 1.29 is 14.7 Å². The van der Waals surface area contributed by atoms with Gasteiger partial charge in [-0.15, -0.1) is 0 Å². The van der Waals surface area contributed by atoms with Gasteiger partial charge in [0.2, 0.25) is 5.91 Å². The maximum absolute atomic E-state index is 11.7. The van der Waals surface area contributed by atoms with Crippen LogP contribution in [-0.4, -0.2) is 23.3 Å². The van der Waals surface area contributed by atoms with Gasteiger partial charge in [0.15, 0.2) is 5.78 Å². The van der Waals surface area contributed by atoms with Gasteiger partial charge in [-0.2, -0.15) is 0 Å². The molecule has 4 N–H and O–H groups in total. The Morgan fingerprint density at radius 2 is 2.12 bits per heavy atom. The lowest BCUT2D eigenvalue weighted by Crippen LogP contribution is -2.13. The van der Waals surface area contributed by atoms with Crippen molar-refractivity contribution in [2.45, 2.75) is 13.3 Å². The number of hydrogen-bond acceptors (Lipinski definition) is 4. The topological polar surface area (TPSA) is 92.4 Å². The molecule has 16 heavy (non-hydrogen) atoms. The molecule has 0 saturated heterocycles. The fourth-order valence-electron chi connectivity index (χ4n) is 1.35. The van der Waals surface area contributed by atoms with Gasteiger partial charge in [0.1, 0.15) is 5.75 Å². The summed E-state index contributed by atoms with van der Waals surface area (Å²) in [6.45, 7) is 1.54. The molecule has 0 bridgehead atoms. The minimum atomic E-state index is -0.344. The van der Waals surface area contributed by atoms with Crippen LogP contribution >= 0.6 is 0 Å². The number of aromatic hydroxyl groups is 1. The third kappa shape index (κ3) is 2.80. The van der Waals surface area contributed by atoms with Crippen molar-refractivity contribution in [3.63, 3.8) is 0 Å². The summed E-state index contributed by atoms with van der Waals surface area (Å²) >= 11 is 0. The average molecular weight is 222 g/mol. The Hall–Kier alpha value is -1.88. The number of ketones is 1. The van der Waals surface area contributed by atoms with Gasteiger partial charge in [0.25, 0.3) is 0 Å². The number of amides is 1. The zero-order valence-corrected chi connectivity index (χ0v) is 8.99. The number of Topliss-reactive ketones (excluding diaryl/α,β-unsaturated/α-hetero) is 1. The SMILES string of the molecule is CC(=O)Nc1c(O)cccc1C(=O)CCN. The highest BCUT2D eigenvalue weighted by Gasteiger charge is 2.14. The number of phenolic OH excluding ortho intramolecular Hbond substituents is 1. The van der Waals surface area contributed by atoms with Gasteiger partial charge in [-0.3, -0.25) is 9.59 Å². The molecule has 1 amide bonds. The van der Waals surface area contributed by atoms with Crippen LogP contribution in [0.1, 0.15) is 23.7 Å². The van der Waals surface area contributed by atoms with Crippen LogP contribution in [-0.2, 0) is 4.79 Å². The van der Waals surface area contributed by atoms with E-state index in [0.29, 0.717) is 0 Å². The predicted octanol–water partition coefficient (Wildman–Crippen LogP) is 0.882. The van der Waals surface area contributed by atoms with Crippen molar-refractivity contribution >= 4 is 17.4 Å². The summed E-state index contributed by atoms with van der Waals surface area (Å²) < 4.78 is 0. The molecule has 1 rings (SSSR count). The minimum Gasteiger partial charge on any atom is -0.506 e. The Labute approximate surface area is 93.3 Å². The number of carbonyl (C=O) groups excluding carboxylic acids is 2. The molecule has 0 aliphatic rings. The molecule has 5 nitrogen and oxygen atoms in total. The first-order valence-electron chi connectivity index (χ1n) is 4.89. The molecule has 0 saturated carbocycles. The van der Waals surface area contributed by atoms with E-state index in [-0.39, 0.29) is 41.7 Å². The second-order valence-corrected chi connectivity index (χ2v) is 3.34. The highest BCUT2D eigenvalue weighted by atomic mass is 16.3. The van der Waals surface area contributed by atoms with Crippen molar-refractivity contribution in [3.8, 4) is 5.75 Å². The van der Waals surface area contributed by atoms with Crippen molar-refractivity contribution in [1.82, 2.24) is 0 Å². The fraction of sp³-hybridized carbons (Fsp3) is 0.273. The van der Waals surface area contributed by atoms with Gasteiger partial charge in [-0.05, 0) is 18.7 Å². The molecule has 1 aromatic carbocycles. The molecular formula is C11H14N2O3. The van der Waals surface area contributed by atoms with E-state index in [2.05, 4.69) is 5.32 Å². The molecule has 0 heterocycles. The van der Waals surface area contributed by atoms with Crippen molar-refractivity contribution in [2.24, 2.45) is 5.73 Å². The molecule has 0 unspecified atom stereocenters. The van der Waals surface area contributed by atoms with Gasteiger partial charge in [0, 0.05) is 18.9 Å². The van der Waals surface area contributed by atoms with E-state index >= 15 is 0 Å². The summed E-state index contributed by atoms with van der Waals surface area (Å²) in [5, 5.41) is 12.0. The Morgan fingerprint density at radius 3 is 2.69 bits per heavy atom. The number of anilines is 1. The lowest BCUT2D eigenvalue weighted by atomic mass is 10.1. The number of phenols is 1. The van der Waals surface area contributed by atoms with E-state index in [9.17, 15) is 14.7 Å². The van der Waals surface area contributed by atoms with E-state index in [4.69, 9.17) is 5.73 Å². The normalized spacial score (nSPS) is 9.88. The third-order valence-electron chi connectivity index (χ3n) is 2.02. The van der Waals surface area contributed by atoms with Crippen LogP contribution in [0.3, 0.4) is 0 Å². The largest absolute Gasteiger partial charge is 0.506 e. The number of nitrogens with one attached hydrogen (secondary N) is 1. The lowest BCUT2D eigenvalue weighted by Gasteiger charge is -2.10. The highest BCUT2D eigenvalue weighted by Crippen LogP contribution is 2.28. The minimum absolute atomic E-state index is 0.127. The average Bonchev–Trinajstić information content (AvgIpc) is 2.20. The van der Waals surface area contributed by atoms with Crippen molar-refractivity contribution in [3.05, 3.63) is 23.8 Å². The van der Waals surface area contributed by atoms with Gasteiger partial charge >= 0.3 is 0 Å². The fourth-order valence-corrected chi connectivity index (χ4v) is 1.35. The number of benzene rings is 1. The first kappa shape index (κ1) is 12.2. The van der Waals surface area contributed by atoms with E-state index in [0.717, 1.165) is 0 Å². The zero-order chi connectivity index (χ0) is 12.1. The molecule has 0 aliphatic heterocycles. The summed E-state index contributed by atoms with van der Waals surface area (Å²) in [5.74, 6) is -0.677. The predicted molar refractivity (Wildman–Crippen MR) is 60.4 cm³/mol. The zero-order valence-electron chi connectivity index (χ0n) is 8.99. The molecule has 1 aromatic rings. The molecule has 0 atom stereocenters. The number of nitrogens with two attached hydrogens (primary N) is 1. The standard InChI is InChI=1S/C11H14N2O3/c1-7(14)13-11-8(9(15)5-6-12)3-2-4-10(11)16/h2-4,16H,5-6,12H2,1H3,(H,13,14). The highest BCUT2D eigenvalue weighted by molar-refractivity contribution is 6.06. The number of para-hydroxylation sites is 1. The summed E-state index contributed by atoms with van der Waals surface area (Å²) in [4.78, 5) is 22.6. The van der Waals surface area contributed by atoms with Crippen LogP contribution in [0.5, 0.6) is 5.75 Å². The van der Waals surface area contributed by atoms with Crippen LogP contribution < -0.4 is 11.1 Å². The molecule has 0 aliphatic carbocycles. The summed E-state index contributed by atoms with van der Waals surface area (Å²) in [6, 6.07) is 4.50. The smallest absolute Gasteiger partial charge is 0.221 e. The molecular weight excluding hydrogens is 208 g/mol. The van der Waals surface area contributed by atoms with Crippen LogP contribution in [0.2, 0.25) is 0 Å². The molecule has 86 valence electrons. The number of rotatable bonds is 4. The summed E-state index contributed by atoms with van der Waals surface area (Å²) in [7, 11) is 0. The van der Waals surface area contributed by atoms with Gasteiger partial charge in [-0.1, -0.05) is 6.07 Å². The molecule has 0 spiro atoms. The molecule has 0 fully saturated rings. The maximum Gasteiger partial charge on any atom is 0.221 e. The van der Waals surface area contributed by atoms with E-state index in [1.807, 2.05) is 0 Å². The lowest BCUT2D eigenvalue weighted by molar-refractivity contribution is -0.114. The van der Waals surface area contributed by atoms with Crippen LogP contribution in [0.25, 0.3) is 0 Å². The monoisotopic (exact) mass is 222 g/mol. The van der Waals surface area contributed by atoms with Crippen molar-refractivity contribution in [2.75, 3.05) is 11.9 Å². The molecule has 0 aromatic heterocycles. The van der Waals surface area contributed by atoms with Crippen LogP contribution in [0.15, 0.2) is 18.2 Å². The second-order valence-electron chi connectivity index (χ2n) is 3.34. The van der Waals surface area contributed by atoms with Crippen LogP contribution in [0, 0.1) is 0 Å². The number of carbonyl (C=O) groups is 2.